The number of rotatable bonds is 1. The van der Waals surface area contributed by atoms with Crippen LogP contribution in [0.1, 0.15) is 0 Å². The number of H-pyrrole nitrogens is 1. The van der Waals surface area contributed by atoms with Crippen LogP contribution in [0.4, 0.5) is 0 Å². The normalized spacial score (nSPS) is 10.0. The van der Waals surface area contributed by atoms with Gasteiger partial charge in [0, 0.05) is 18.0 Å². The predicted molar refractivity (Wildman–Crippen MR) is 50.5 cm³/mol. The summed E-state index contributed by atoms with van der Waals surface area (Å²) in [6.07, 6.45) is 5.07. The predicted octanol–water partition coefficient (Wildman–Crippen LogP) is 2.26. The summed E-state index contributed by atoms with van der Waals surface area (Å²) >= 11 is 6.50. The van der Waals surface area contributed by atoms with E-state index in [1.54, 1.807) is 18.7 Å². The Bertz CT molecular complexity index is 418. The molecule has 0 aliphatic rings. The second kappa shape index (κ2) is 3.12. The highest BCUT2D eigenvalue weighted by atomic mass is 32.1. The molecule has 0 aliphatic carbocycles. The first-order chi connectivity index (χ1) is 5.88. The van der Waals surface area contributed by atoms with E-state index in [0.717, 1.165) is 10.4 Å². The van der Waals surface area contributed by atoms with Gasteiger partial charge in [0.25, 0.3) is 0 Å². The zero-order valence-electron chi connectivity index (χ0n) is 6.02. The van der Waals surface area contributed by atoms with Crippen molar-refractivity contribution >= 4 is 23.8 Å². The Labute approximate surface area is 78.3 Å². The van der Waals surface area contributed by atoms with Gasteiger partial charge in [0.05, 0.1) is 11.2 Å². The van der Waals surface area contributed by atoms with E-state index in [1.165, 1.54) is 11.5 Å². The molecule has 0 amide bonds. The van der Waals surface area contributed by atoms with Crippen molar-refractivity contribution in [1.82, 2.24) is 14.3 Å². The zero-order chi connectivity index (χ0) is 8.39. The molecule has 1 N–H and O–H groups in total. The third-order valence-corrected chi connectivity index (χ3v) is 2.54. The lowest BCUT2D eigenvalue weighted by molar-refractivity contribution is 1.16. The van der Waals surface area contributed by atoms with Gasteiger partial charge < -0.3 is 4.98 Å². The fraction of sp³-hybridized carbons (Fsp3) is 0. The van der Waals surface area contributed by atoms with Crippen molar-refractivity contribution in [3.05, 3.63) is 29.4 Å². The van der Waals surface area contributed by atoms with Crippen molar-refractivity contribution in [3.63, 3.8) is 0 Å². The maximum absolute atomic E-state index is 5.08. The van der Waals surface area contributed by atoms with E-state index >= 15 is 0 Å². The summed E-state index contributed by atoms with van der Waals surface area (Å²) in [5.41, 5.74) is 0.940. The molecule has 60 valence electrons. The van der Waals surface area contributed by atoms with Crippen LogP contribution < -0.4 is 0 Å². The Hall–Kier alpha value is -1.07. The third-order valence-electron chi connectivity index (χ3n) is 1.42. The highest BCUT2D eigenvalue weighted by molar-refractivity contribution is 7.71. The number of nitrogens with zero attached hydrogens (tertiary/aromatic N) is 2. The van der Waals surface area contributed by atoms with Crippen LogP contribution in [0.5, 0.6) is 0 Å². The number of aromatic amines is 1. The standard InChI is InChI=1S/C7H5N3S2/c11-7-5(3-8-4-9-7)6-1-2-10-12-6/h1-4H,(H,8,9,11). The lowest BCUT2D eigenvalue weighted by atomic mass is 10.3. The largest absolute Gasteiger partial charge is 0.337 e. The molecule has 0 aromatic carbocycles. The molecule has 0 fully saturated rings. The van der Waals surface area contributed by atoms with Gasteiger partial charge in [0.15, 0.2) is 0 Å². The number of nitrogens with one attached hydrogen (secondary N) is 1. The molecule has 0 unspecified atom stereocenters. The first kappa shape index (κ1) is 7.57. The van der Waals surface area contributed by atoms with E-state index in [1.807, 2.05) is 6.07 Å². The Morgan fingerprint density at radius 3 is 3.08 bits per heavy atom. The van der Waals surface area contributed by atoms with Crippen LogP contribution in [0.2, 0.25) is 0 Å². The topological polar surface area (TPSA) is 41.6 Å². The molecule has 0 atom stereocenters. The van der Waals surface area contributed by atoms with Gasteiger partial charge in [-0.15, -0.1) is 0 Å². The van der Waals surface area contributed by atoms with Gasteiger partial charge in [-0.1, -0.05) is 12.2 Å². The summed E-state index contributed by atoms with van der Waals surface area (Å²) in [5, 5.41) is 0. The molecule has 3 nitrogen and oxygen atoms in total. The molecule has 5 heteroatoms. The SMILES string of the molecule is S=c1[nH]cncc1-c1ccns1. The molecule has 2 heterocycles. The number of hydrogen-bond acceptors (Lipinski definition) is 4. The molecule has 0 saturated carbocycles. The van der Waals surface area contributed by atoms with Gasteiger partial charge in [0.1, 0.15) is 4.64 Å². The zero-order valence-corrected chi connectivity index (χ0v) is 7.65. The lowest BCUT2D eigenvalue weighted by Crippen LogP contribution is -1.81. The summed E-state index contributed by atoms with van der Waals surface area (Å²) in [4.78, 5) is 7.87. The monoisotopic (exact) mass is 195 g/mol. The molecule has 0 saturated heterocycles. The molecular weight excluding hydrogens is 190 g/mol. The fourth-order valence-electron chi connectivity index (χ4n) is 0.874. The van der Waals surface area contributed by atoms with Crippen LogP contribution in [0, 0.1) is 4.64 Å². The van der Waals surface area contributed by atoms with Crippen molar-refractivity contribution in [2.75, 3.05) is 0 Å². The second-order valence-electron chi connectivity index (χ2n) is 2.17. The minimum absolute atomic E-state index is 0.703. The molecule has 0 bridgehead atoms. The molecule has 2 aromatic rings. The van der Waals surface area contributed by atoms with Crippen LogP contribution in [0.25, 0.3) is 10.4 Å². The van der Waals surface area contributed by atoms with E-state index in [0.29, 0.717) is 4.64 Å². The quantitative estimate of drug-likeness (QED) is 0.710. The number of aromatic nitrogens is 3. The average Bonchev–Trinajstić information content (AvgIpc) is 2.57. The molecule has 2 aromatic heterocycles. The van der Waals surface area contributed by atoms with Gasteiger partial charge in [-0.05, 0) is 17.6 Å². The lowest BCUT2D eigenvalue weighted by Gasteiger charge is -1.93. The molecule has 0 spiro atoms. The van der Waals surface area contributed by atoms with Crippen molar-refractivity contribution < 1.29 is 0 Å². The average molecular weight is 195 g/mol. The fourth-order valence-corrected chi connectivity index (χ4v) is 1.76. The van der Waals surface area contributed by atoms with E-state index in [-0.39, 0.29) is 0 Å². The maximum Gasteiger partial charge on any atom is 0.114 e. The Morgan fingerprint density at radius 1 is 1.50 bits per heavy atom. The Kier molecular flexibility index (Phi) is 1.97. The molecular formula is C7H5N3S2. The third kappa shape index (κ3) is 1.28. The Balaban J connectivity index is 2.63. The maximum atomic E-state index is 5.08. The first-order valence-electron chi connectivity index (χ1n) is 3.31. The Morgan fingerprint density at radius 2 is 2.42 bits per heavy atom. The van der Waals surface area contributed by atoms with Crippen LogP contribution in [0.15, 0.2) is 24.8 Å². The minimum atomic E-state index is 0.703. The van der Waals surface area contributed by atoms with Gasteiger partial charge in [-0.25, -0.2) is 9.36 Å². The summed E-state index contributed by atoms with van der Waals surface area (Å²) in [6.45, 7) is 0. The van der Waals surface area contributed by atoms with Crippen LogP contribution in [0.3, 0.4) is 0 Å². The summed E-state index contributed by atoms with van der Waals surface area (Å²) in [6, 6.07) is 1.92. The minimum Gasteiger partial charge on any atom is -0.337 e. The first-order valence-corrected chi connectivity index (χ1v) is 4.50. The van der Waals surface area contributed by atoms with E-state index < -0.39 is 0 Å². The van der Waals surface area contributed by atoms with E-state index in [2.05, 4.69) is 14.3 Å². The van der Waals surface area contributed by atoms with Gasteiger partial charge in [0.2, 0.25) is 0 Å². The van der Waals surface area contributed by atoms with Crippen molar-refractivity contribution in [2.45, 2.75) is 0 Å². The van der Waals surface area contributed by atoms with Crippen molar-refractivity contribution in [1.29, 1.82) is 0 Å². The summed E-state index contributed by atoms with van der Waals surface area (Å²) in [5.74, 6) is 0. The van der Waals surface area contributed by atoms with Gasteiger partial charge >= 0.3 is 0 Å². The summed E-state index contributed by atoms with van der Waals surface area (Å²) in [7, 11) is 0. The van der Waals surface area contributed by atoms with Crippen LogP contribution in [-0.4, -0.2) is 14.3 Å². The van der Waals surface area contributed by atoms with Gasteiger partial charge in [-0.3, -0.25) is 0 Å². The second-order valence-corrected chi connectivity index (χ2v) is 3.41. The van der Waals surface area contributed by atoms with Crippen LogP contribution >= 0.6 is 23.8 Å². The van der Waals surface area contributed by atoms with Gasteiger partial charge in [-0.2, -0.15) is 0 Å². The van der Waals surface area contributed by atoms with Crippen molar-refractivity contribution in [3.8, 4) is 10.4 Å². The van der Waals surface area contributed by atoms with Crippen molar-refractivity contribution in [2.24, 2.45) is 0 Å². The molecule has 12 heavy (non-hydrogen) atoms. The number of hydrogen-bond donors (Lipinski definition) is 1. The molecule has 0 radical (unpaired) electrons. The molecule has 2 rings (SSSR count). The molecule has 0 aliphatic heterocycles. The van der Waals surface area contributed by atoms with E-state index in [9.17, 15) is 0 Å². The van der Waals surface area contributed by atoms with Crippen LogP contribution in [-0.2, 0) is 0 Å². The highest BCUT2D eigenvalue weighted by Crippen LogP contribution is 2.21. The summed E-state index contributed by atoms with van der Waals surface area (Å²) < 4.78 is 4.70. The highest BCUT2D eigenvalue weighted by Gasteiger charge is 2.00. The van der Waals surface area contributed by atoms with E-state index in [4.69, 9.17) is 12.2 Å². The smallest absolute Gasteiger partial charge is 0.114 e.